The number of fused-ring (bicyclic) bond motifs is 3. The lowest BCUT2D eigenvalue weighted by Crippen LogP contribution is -2.37. The Bertz CT molecular complexity index is 1510. The summed E-state index contributed by atoms with van der Waals surface area (Å²) in [5.74, 6) is 0.326. The summed E-state index contributed by atoms with van der Waals surface area (Å²) in [7, 11) is 4.61. The van der Waals surface area contributed by atoms with E-state index >= 15 is 0 Å². The third-order valence-electron chi connectivity index (χ3n) is 6.18. The van der Waals surface area contributed by atoms with Crippen LogP contribution in [0.15, 0.2) is 52.1 Å². The van der Waals surface area contributed by atoms with Crippen LogP contribution in [0.1, 0.15) is 17.4 Å². The number of benzene rings is 2. The highest BCUT2D eigenvalue weighted by Crippen LogP contribution is 2.42. The van der Waals surface area contributed by atoms with Crippen LogP contribution >= 0.6 is 11.6 Å². The average Bonchev–Trinajstić information content (AvgIpc) is 3.18. The molecule has 3 heterocycles. The summed E-state index contributed by atoms with van der Waals surface area (Å²) in [5.41, 5.74) is 2.69. The number of hydrogen-bond donors (Lipinski definition) is 1. The van der Waals surface area contributed by atoms with Crippen molar-refractivity contribution in [2.24, 2.45) is 14.1 Å². The molecule has 170 valence electrons. The minimum Gasteiger partial charge on any atom is -0.504 e. The molecule has 0 bridgehead atoms. The highest BCUT2D eigenvalue weighted by molar-refractivity contribution is 6.30. The van der Waals surface area contributed by atoms with Crippen LogP contribution in [-0.4, -0.2) is 32.5 Å². The summed E-state index contributed by atoms with van der Waals surface area (Å²) in [6.45, 7) is 0.904. The van der Waals surface area contributed by atoms with Crippen molar-refractivity contribution in [3.63, 3.8) is 0 Å². The van der Waals surface area contributed by atoms with Gasteiger partial charge in [0.15, 0.2) is 11.5 Å². The Labute approximate surface area is 193 Å². The van der Waals surface area contributed by atoms with Gasteiger partial charge >= 0.3 is 5.69 Å². The lowest BCUT2D eigenvalue weighted by atomic mass is 10.0. The van der Waals surface area contributed by atoms with Crippen molar-refractivity contribution in [3.8, 4) is 22.8 Å². The molecular weight excluding hydrogens is 446 g/mol. The van der Waals surface area contributed by atoms with Gasteiger partial charge in [0.05, 0.1) is 36.0 Å². The van der Waals surface area contributed by atoms with Crippen LogP contribution in [0.25, 0.3) is 22.2 Å². The summed E-state index contributed by atoms with van der Waals surface area (Å²) in [5, 5.41) is 11.1. The Hall–Kier alpha value is -3.49. The maximum atomic E-state index is 13.4. The van der Waals surface area contributed by atoms with Gasteiger partial charge in [-0.2, -0.15) is 0 Å². The van der Waals surface area contributed by atoms with E-state index in [1.807, 2.05) is 16.7 Å². The molecule has 0 aliphatic carbocycles. The molecule has 0 fully saturated rings. The molecule has 2 aromatic heterocycles. The van der Waals surface area contributed by atoms with E-state index in [0.29, 0.717) is 46.2 Å². The molecule has 0 unspecified atom stereocenters. The topological polar surface area (TPSA) is 87.6 Å². The molecule has 1 aliphatic rings. The summed E-state index contributed by atoms with van der Waals surface area (Å²) < 4.78 is 16.1. The molecule has 1 aliphatic heterocycles. The quantitative estimate of drug-likeness (QED) is 0.500. The number of aryl methyl sites for hydroxylation is 1. The van der Waals surface area contributed by atoms with Gasteiger partial charge in [-0.15, -0.1) is 0 Å². The van der Waals surface area contributed by atoms with Crippen LogP contribution < -0.4 is 16.0 Å². The van der Waals surface area contributed by atoms with E-state index in [1.165, 1.54) is 18.7 Å². The second kappa shape index (κ2) is 7.83. The van der Waals surface area contributed by atoms with Crippen LogP contribution in [0.4, 0.5) is 0 Å². The number of halogens is 1. The molecule has 4 aromatic rings. The molecule has 33 heavy (non-hydrogen) atoms. The molecule has 2 aromatic carbocycles. The minimum atomic E-state index is -0.575. The average molecular weight is 468 g/mol. The first kappa shape index (κ1) is 21.4. The lowest BCUT2D eigenvalue weighted by Gasteiger charge is -2.28. The molecule has 5 rings (SSSR count). The molecule has 1 N–H and O–H groups in total. The van der Waals surface area contributed by atoms with Crippen molar-refractivity contribution < 1.29 is 14.6 Å². The number of aromatic hydroxyl groups is 1. The zero-order valence-corrected chi connectivity index (χ0v) is 19.1. The normalized spacial score (nSPS) is 15.6. The SMILES string of the molecule is COc1cc([C@@H]2OCCn3c(-c4ccc(Cl)cc4)c4c(=O)n(C)c(=O)n(C)c4c32)ccc1O. The predicted molar refractivity (Wildman–Crippen MR) is 125 cm³/mol. The molecule has 0 radical (unpaired) electrons. The minimum absolute atomic E-state index is 0.0143. The fourth-order valence-electron chi connectivity index (χ4n) is 4.60. The summed E-state index contributed by atoms with van der Waals surface area (Å²) >= 11 is 6.11. The summed E-state index contributed by atoms with van der Waals surface area (Å²) in [4.78, 5) is 26.3. The van der Waals surface area contributed by atoms with Gasteiger partial charge in [-0.1, -0.05) is 29.8 Å². The fourth-order valence-corrected chi connectivity index (χ4v) is 4.72. The molecule has 1 atom stereocenters. The van der Waals surface area contributed by atoms with E-state index in [1.54, 1.807) is 37.4 Å². The number of ether oxygens (including phenoxy) is 2. The Balaban J connectivity index is 1.91. The number of nitrogens with zero attached hydrogens (tertiary/aromatic N) is 3. The monoisotopic (exact) mass is 467 g/mol. The van der Waals surface area contributed by atoms with Crippen LogP contribution in [0.2, 0.25) is 5.02 Å². The molecule has 0 spiro atoms. The standard InChI is InChI=1S/C24H22ClN3O5/c1-26-20-18(23(30)27(2)24(26)31)19(13-4-7-15(25)8-5-13)28-10-11-33-22(21(20)28)14-6-9-16(29)17(12-14)32-3/h4-9,12,22,29H,10-11H2,1-3H3/t22-/m0/s1. The highest BCUT2D eigenvalue weighted by Gasteiger charge is 2.33. The third kappa shape index (κ3) is 3.17. The van der Waals surface area contributed by atoms with Crippen molar-refractivity contribution in [1.82, 2.24) is 13.7 Å². The molecular formula is C24H22ClN3O5. The number of hydrogen-bond acceptors (Lipinski definition) is 5. The summed E-state index contributed by atoms with van der Waals surface area (Å²) in [6.07, 6.45) is -0.575. The lowest BCUT2D eigenvalue weighted by molar-refractivity contribution is 0.0477. The fraction of sp³-hybridized carbons (Fsp3) is 0.250. The molecule has 0 saturated carbocycles. The number of aromatic nitrogens is 3. The molecule has 0 saturated heterocycles. The van der Waals surface area contributed by atoms with Gasteiger partial charge in [-0.3, -0.25) is 13.9 Å². The maximum Gasteiger partial charge on any atom is 0.331 e. The van der Waals surface area contributed by atoms with Crippen LogP contribution in [0, 0.1) is 0 Å². The van der Waals surface area contributed by atoms with E-state index in [0.717, 1.165) is 15.7 Å². The largest absolute Gasteiger partial charge is 0.504 e. The highest BCUT2D eigenvalue weighted by atomic mass is 35.5. The Morgan fingerprint density at radius 1 is 1.09 bits per heavy atom. The van der Waals surface area contributed by atoms with Crippen LogP contribution in [-0.2, 0) is 25.4 Å². The second-order valence-electron chi connectivity index (χ2n) is 8.00. The van der Waals surface area contributed by atoms with E-state index < -0.39 is 11.8 Å². The predicted octanol–water partition coefficient (Wildman–Crippen LogP) is 3.19. The first-order chi connectivity index (χ1) is 15.8. The van der Waals surface area contributed by atoms with E-state index in [9.17, 15) is 14.7 Å². The Morgan fingerprint density at radius 2 is 1.82 bits per heavy atom. The Kier molecular flexibility index (Phi) is 5.07. The van der Waals surface area contributed by atoms with Crippen molar-refractivity contribution >= 4 is 22.5 Å². The van der Waals surface area contributed by atoms with Gasteiger partial charge in [0.1, 0.15) is 6.10 Å². The smallest absolute Gasteiger partial charge is 0.331 e. The number of methoxy groups -OCH3 is 1. The van der Waals surface area contributed by atoms with E-state index in [4.69, 9.17) is 21.1 Å². The van der Waals surface area contributed by atoms with Crippen LogP contribution in [0.3, 0.4) is 0 Å². The molecule has 9 heteroatoms. The zero-order valence-electron chi connectivity index (χ0n) is 18.3. The van der Waals surface area contributed by atoms with Gasteiger partial charge in [0.25, 0.3) is 5.56 Å². The maximum absolute atomic E-state index is 13.4. The van der Waals surface area contributed by atoms with E-state index in [2.05, 4.69) is 0 Å². The van der Waals surface area contributed by atoms with Gasteiger partial charge in [-0.05, 0) is 35.4 Å². The molecule has 8 nitrogen and oxygen atoms in total. The van der Waals surface area contributed by atoms with Gasteiger partial charge < -0.3 is 19.1 Å². The van der Waals surface area contributed by atoms with Gasteiger partial charge in [0.2, 0.25) is 0 Å². The second-order valence-corrected chi connectivity index (χ2v) is 8.44. The number of rotatable bonds is 3. The number of phenols is 1. The van der Waals surface area contributed by atoms with E-state index in [-0.39, 0.29) is 11.3 Å². The van der Waals surface area contributed by atoms with Gasteiger partial charge in [-0.25, -0.2) is 4.79 Å². The summed E-state index contributed by atoms with van der Waals surface area (Å²) in [6, 6.07) is 12.3. The van der Waals surface area contributed by atoms with Gasteiger partial charge in [0, 0.05) is 25.7 Å². The third-order valence-corrected chi connectivity index (χ3v) is 6.43. The zero-order chi connectivity index (χ0) is 23.4. The number of phenolic OH excluding ortho intramolecular Hbond substituents is 1. The molecule has 0 amide bonds. The first-order valence-electron chi connectivity index (χ1n) is 10.4. The van der Waals surface area contributed by atoms with Crippen molar-refractivity contribution in [2.75, 3.05) is 13.7 Å². The first-order valence-corrected chi connectivity index (χ1v) is 10.8. The van der Waals surface area contributed by atoms with Crippen molar-refractivity contribution in [2.45, 2.75) is 12.6 Å². The van der Waals surface area contributed by atoms with Crippen molar-refractivity contribution in [3.05, 3.63) is 79.6 Å². The van der Waals surface area contributed by atoms with Crippen molar-refractivity contribution in [1.29, 1.82) is 0 Å². The van der Waals surface area contributed by atoms with Crippen LogP contribution in [0.5, 0.6) is 11.5 Å². The Morgan fingerprint density at radius 3 is 2.52 bits per heavy atom.